The van der Waals surface area contributed by atoms with Crippen LogP contribution in [0.15, 0.2) is 48.8 Å². The molecule has 0 aliphatic rings. The summed E-state index contributed by atoms with van der Waals surface area (Å²) in [4.78, 5) is 32.0. The first kappa shape index (κ1) is 16.6. The molecule has 0 saturated heterocycles. The van der Waals surface area contributed by atoms with Crippen LogP contribution in [-0.2, 0) is 0 Å². The lowest BCUT2D eigenvalue weighted by Crippen LogP contribution is -2.38. The zero-order valence-corrected chi connectivity index (χ0v) is 13.0. The second-order valence-corrected chi connectivity index (χ2v) is 5.05. The van der Waals surface area contributed by atoms with Gasteiger partial charge >= 0.3 is 0 Å². The maximum Gasteiger partial charge on any atom is 0.270 e. The fourth-order valence-electron chi connectivity index (χ4n) is 2.08. The molecule has 120 valence electrons. The van der Waals surface area contributed by atoms with E-state index in [1.54, 1.807) is 48.8 Å². The van der Waals surface area contributed by atoms with Crippen LogP contribution in [0.2, 0.25) is 0 Å². The van der Waals surface area contributed by atoms with E-state index >= 15 is 0 Å². The third-order valence-electron chi connectivity index (χ3n) is 3.40. The summed E-state index contributed by atoms with van der Waals surface area (Å²) < 4.78 is 0. The topological polar surface area (TPSA) is 84.0 Å². The first-order valence-corrected chi connectivity index (χ1v) is 7.62. The number of carbonyl (C=O) groups is 2. The molecular formula is C17H20N4O2. The van der Waals surface area contributed by atoms with E-state index < -0.39 is 0 Å². The summed E-state index contributed by atoms with van der Waals surface area (Å²) >= 11 is 0. The van der Waals surface area contributed by atoms with E-state index in [9.17, 15) is 9.59 Å². The zero-order chi connectivity index (χ0) is 16.5. The van der Waals surface area contributed by atoms with E-state index in [2.05, 4.69) is 20.6 Å². The highest BCUT2D eigenvalue weighted by Gasteiger charge is 2.13. The molecule has 2 aromatic rings. The standard InChI is InChI=1S/C17H20N4O2/c1-2-13(21-17(23)15-8-4-6-11-19-15)9-12-20-16(22)14-7-3-5-10-18-14/h3-8,10-11,13H,2,9,12H2,1H3,(H,20,22)(H,21,23). The molecule has 2 aromatic heterocycles. The van der Waals surface area contributed by atoms with Crippen LogP contribution in [0.25, 0.3) is 0 Å². The van der Waals surface area contributed by atoms with Gasteiger partial charge < -0.3 is 10.6 Å². The predicted molar refractivity (Wildman–Crippen MR) is 87.0 cm³/mol. The molecule has 6 nitrogen and oxygen atoms in total. The van der Waals surface area contributed by atoms with Crippen LogP contribution in [0.3, 0.4) is 0 Å². The van der Waals surface area contributed by atoms with Gasteiger partial charge in [-0.1, -0.05) is 19.1 Å². The summed E-state index contributed by atoms with van der Waals surface area (Å²) in [5.41, 5.74) is 0.779. The zero-order valence-electron chi connectivity index (χ0n) is 13.0. The molecule has 0 saturated carbocycles. The van der Waals surface area contributed by atoms with Crippen molar-refractivity contribution in [2.75, 3.05) is 6.54 Å². The normalized spacial score (nSPS) is 11.5. The van der Waals surface area contributed by atoms with Crippen molar-refractivity contribution in [3.63, 3.8) is 0 Å². The van der Waals surface area contributed by atoms with Crippen LogP contribution in [0.5, 0.6) is 0 Å². The first-order valence-electron chi connectivity index (χ1n) is 7.62. The average Bonchev–Trinajstić information content (AvgIpc) is 2.62. The summed E-state index contributed by atoms with van der Waals surface area (Å²) in [5, 5.41) is 5.74. The lowest BCUT2D eigenvalue weighted by molar-refractivity contribution is 0.0927. The van der Waals surface area contributed by atoms with Gasteiger partial charge in [0.05, 0.1) is 0 Å². The second-order valence-electron chi connectivity index (χ2n) is 5.05. The number of pyridine rings is 2. The van der Waals surface area contributed by atoms with Crippen molar-refractivity contribution in [2.24, 2.45) is 0 Å². The van der Waals surface area contributed by atoms with Gasteiger partial charge in [-0.3, -0.25) is 19.6 Å². The first-order chi connectivity index (χ1) is 11.2. The van der Waals surface area contributed by atoms with Crippen LogP contribution in [0.4, 0.5) is 0 Å². The highest BCUT2D eigenvalue weighted by atomic mass is 16.2. The van der Waals surface area contributed by atoms with Gasteiger partial charge in [0.15, 0.2) is 0 Å². The van der Waals surface area contributed by atoms with E-state index in [0.717, 1.165) is 6.42 Å². The highest BCUT2D eigenvalue weighted by molar-refractivity contribution is 5.92. The Kier molecular flexibility index (Phi) is 6.23. The number of nitrogens with zero attached hydrogens (tertiary/aromatic N) is 2. The number of hydrogen-bond donors (Lipinski definition) is 2. The Bertz CT molecular complexity index is 632. The van der Waals surface area contributed by atoms with Gasteiger partial charge in [0.2, 0.25) is 0 Å². The van der Waals surface area contributed by atoms with Gasteiger partial charge in [-0.05, 0) is 37.1 Å². The van der Waals surface area contributed by atoms with Crippen molar-refractivity contribution >= 4 is 11.8 Å². The molecule has 0 bridgehead atoms. The van der Waals surface area contributed by atoms with Crippen molar-refractivity contribution in [3.8, 4) is 0 Å². The van der Waals surface area contributed by atoms with E-state index in [1.807, 2.05) is 6.92 Å². The van der Waals surface area contributed by atoms with E-state index in [0.29, 0.717) is 24.4 Å². The highest BCUT2D eigenvalue weighted by Crippen LogP contribution is 2.01. The lowest BCUT2D eigenvalue weighted by atomic mass is 10.1. The molecule has 2 N–H and O–H groups in total. The van der Waals surface area contributed by atoms with Crippen molar-refractivity contribution in [1.29, 1.82) is 0 Å². The van der Waals surface area contributed by atoms with Gasteiger partial charge in [0.1, 0.15) is 11.4 Å². The minimum atomic E-state index is -0.212. The molecule has 0 aliphatic heterocycles. The fourth-order valence-corrected chi connectivity index (χ4v) is 2.08. The molecule has 0 aromatic carbocycles. The van der Waals surface area contributed by atoms with E-state index in [4.69, 9.17) is 0 Å². The molecule has 0 fully saturated rings. The van der Waals surface area contributed by atoms with Gasteiger partial charge in [-0.25, -0.2) is 0 Å². The summed E-state index contributed by atoms with van der Waals surface area (Å²) in [6, 6.07) is 10.4. The fraction of sp³-hybridized carbons (Fsp3) is 0.294. The largest absolute Gasteiger partial charge is 0.351 e. The summed E-state index contributed by atoms with van der Waals surface area (Å²) in [7, 11) is 0. The van der Waals surface area contributed by atoms with Gasteiger partial charge in [0, 0.05) is 25.0 Å². The number of nitrogens with one attached hydrogen (secondary N) is 2. The average molecular weight is 312 g/mol. The van der Waals surface area contributed by atoms with E-state index in [-0.39, 0.29) is 17.9 Å². The molecule has 0 radical (unpaired) electrons. The van der Waals surface area contributed by atoms with Crippen LogP contribution in [0.1, 0.15) is 40.7 Å². The van der Waals surface area contributed by atoms with Crippen molar-refractivity contribution in [2.45, 2.75) is 25.8 Å². The van der Waals surface area contributed by atoms with Crippen LogP contribution >= 0.6 is 0 Å². The molecule has 0 aliphatic carbocycles. The summed E-state index contributed by atoms with van der Waals surface area (Å²) in [5.74, 6) is -0.412. The Balaban J connectivity index is 1.79. The van der Waals surface area contributed by atoms with Crippen molar-refractivity contribution in [1.82, 2.24) is 20.6 Å². The Morgan fingerprint density at radius 2 is 1.61 bits per heavy atom. The van der Waals surface area contributed by atoms with E-state index in [1.165, 1.54) is 0 Å². The van der Waals surface area contributed by atoms with Crippen LogP contribution in [-0.4, -0.2) is 34.4 Å². The molecule has 0 spiro atoms. The predicted octanol–water partition coefficient (Wildman–Crippen LogP) is 1.81. The smallest absolute Gasteiger partial charge is 0.270 e. The van der Waals surface area contributed by atoms with Crippen molar-refractivity contribution < 1.29 is 9.59 Å². The number of aromatic nitrogens is 2. The Morgan fingerprint density at radius 1 is 1.00 bits per heavy atom. The van der Waals surface area contributed by atoms with Gasteiger partial charge in [0.25, 0.3) is 11.8 Å². The third-order valence-corrected chi connectivity index (χ3v) is 3.40. The minimum absolute atomic E-state index is 0.0199. The number of carbonyl (C=O) groups excluding carboxylic acids is 2. The molecule has 23 heavy (non-hydrogen) atoms. The van der Waals surface area contributed by atoms with Gasteiger partial charge in [-0.15, -0.1) is 0 Å². The maximum atomic E-state index is 12.1. The Hall–Kier alpha value is -2.76. The Morgan fingerprint density at radius 3 is 2.13 bits per heavy atom. The second kappa shape index (κ2) is 8.63. The molecule has 1 atom stereocenters. The third kappa shape index (κ3) is 5.18. The van der Waals surface area contributed by atoms with Gasteiger partial charge in [-0.2, -0.15) is 0 Å². The van der Waals surface area contributed by atoms with Crippen molar-refractivity contribution in [3.05, 3.63) is 60.2 Å². The maximum absolute atomic E-state index is 12.1. The SMILES string of the molecule is CCC(CCNC(=O)c1ccccn1)NC(=O)c1ccccn1. The molecule has 1 unspecified atom stereocenters. The molecule has 2 amide bonds. The summed E-state index contributed by atoms with van der Waals surface area (Å²) in [6.45, 7) is 2.46. The number of hydrogen-bond acceptors (Lipinski definition) is 4. The molecular weight excluding hydrogens is 292 g/mol. The minimum Gasteiger partial charge on any atom is -0.351 e. The summed E-state index contributed by atoms with van der Waals surface area (Å²) in [6.07, 6.45) is 4.59. The molecule has 2 heterocycles. The Labute approximate surface area is 135 Å². The monoisotopic (exact) mass is 312 g/mol. The number of rotatable bonds is 7. The lowest BCUT2D eigenvalue weighted by Gasteiger charge is -2.17. The number of amides is 2. The quantitative estimate of drug-likeness (QED) is 0.816. The van der Waals surface area contributed by atoms with Crippen LogP contribution < -0.4 is 10.6 Å². The van der Waals surface area contributed by atoms with Crippen LogP contribution in [0, 0.1) is 0 Å². The molecule has 6 heteroatoms. The molecule has 2 rings (SSSR count).